The molecule has 6 heteroatoms. The van der Waals surface area contributed by atoms with E-state index in [9.17, 15) is 13.2 Å². The van der Waals surface area contributed by atoms with Crippen LogP contribution in [0.1, 0.15) is 19.3 Å². The fourth-order valence-electron chi connectivity index (χ4n) is 0.951. The van der Waals surface area contributed by atoms with Gasteiger partial charge in [-0.1, -0.05) is 0 Å². The number of aliphatic hydroxyl groups excluding tert-OH is 1. The lowest BCUT2D eigenvalue weighted by atomic mass is 10.1. The molecule has 1 atom stereocenters. The van der Waals surface area contributed by atoms with Crippen molar-refractivity contribution in [3.8, 4) is 0 Å². The lowest BCUT2D eigenvalue weighted by Crippen LogP contribution is -2.33. The number of nitrogens with two attached hydrogens (primary N) is 1. The van der Waals surface area contributed by atoms with Crippen molar-refractivity contribution in [2.75, 3.05) is 18.6 Å². The molecule has 5 nitrogen and oxygen atoms in total. The Morgan fingerprint density at radius 2 is 2.00 bits per heavy atom. The van der Waals surface area contributed by atoms with E-state index >= 15 is 0 Å². The van der Waals surface area contributed by atoms with E-state index in [0.29, 0.717) is 12.8 Å². The minimum absolute atomic E-state index is 0.0919. The minimum atomic E-state index is -2.94. The standard InChI is InChI=1S/C8H17NO4S/c1-14(12,13)5-3-2-4-8(11)7(9)6-10/h7,10H,2-6,9H2,1H3/t7-/m0/s1. The predicted octanol–water partition coefficient (Wildman–Crippen LogP) is -0.910. The molecule has 0 saturated heterocycles. The summed E-state index contributed by atoms with van der Waals surface area (Å²) in [6, 6.07) is -0.826. The molecule has 0 aliphatic heterocycles. The molecule has 0 spiro atoms. The third-order valence-corrected chi connectivity index (χ3v) is 2.83. The van der Waals surface area contributed by atoms with Crippen molar-refractivity contribution in [3.05, 3.63) is 0 Å². The number of carbonyl (C=O) groups excluding carboxylic acids is 1. The van der Waals surface area contributed by atoms with Crippen molar-refractivity contribution in [3.63, 3.8) is 0 Å². The fraction of sp³-hybridized carbons (Fsp3) is 0.875. The van der Waals surface area contributed by atoms with E-state index in [4.69, 9.17) is 10.8 Å². The maximum Gasteiger partial charge on any atom is 0.151 e. The van der Waals surface area contributed by atoms with E-state index < -0.39 is 15.9 Å². The minimum Gasteiger partial charge on any atom is -0.394 e. The average Bonchev–Trinajstić information content (AvgIpc) is 2.09. The second-order valence-electron chi connectivity index (χ2n) is 3.34. The Hall–Kier alpha value is -0.460. The predicted molar refractivity (Wildman–Crippen MR) is 53.6 cm³/mol. The Labute approximate surface area is 84.2 Å². The lowest BCUT2D eigenvalue weighted by Gasteiger charge is -2.05. The summed E-state index contributed by atoms with van der Waals surface area (Å²) >= 11 is 0. The quantitative estimate of drug-likeness (QED) is 0.544. The molecule has 0 aromatic carbocycles. The normalized spacial score (nSPS) is 13.9. The highest BCUT2D eigenvalue weighted by Gasteiger charge is 2.11. The number of rotatable bonds is 7. The van der Waals surface area contributed by atoms with Crippen LogP contribution in [0, 0.1) is 0 Å². The van der Waals surface area contributed by atoms with Crippen LogP contribution in [0.3, 0.4) is 0 Å². The van der Waals surface area contributed by atoms with Crippen molar-refractivity contribution in [2.24, 2.45) is 5.73 Å². The highest BCUT2D eigenvalue weighted by Crippen LogP contribution is 2.00. The van der Waals surface area contributed by atoms with E-state index in [1.165, 1.54) is 0 Å². The lowest BCUT2D eigenvalue weighted by molar-refractivity contribution is -0.121. The first-order valence-corrected chi connectivity index (χ1v) is 6.49. The molecule has 0 aromatic rings. The van der Waals surface area contributed by atoms with Crippen LogP contribution >= 0.6 is 0 Å². The Kier molecular flexibility index (Phi) is 5.90. The van der Waals surface area contributed by atoms with Gasteiger partial charge in [-0.15, -0.1) is 0 Å². The highest BCUT2D eigenvalue weighted by molar-refractivity contribution is 7.90. The van der Waals surface area contributed by atoms with E-state index in [-0.39, 0.29) is 24.6 Å². The Morgan fingerprint density at radius 3 is 2.43 bits per heavy atom. The molecule has 0 rings (SSSR count). The molecule has 0 fully saturated rings. The average molecular weight is 223 g/mol. The Bertz CT molecular complexity index is 273. The van der Waals surface area contributed by atoms with Gasteiger partial charge in [0.05, 0.1) is 12.6 Å². The van der Waals surface area contributed by atoms with Crippen molar-refractivity contribution in [1.82, 2.24) is 0 Å². The van der Waals surface area contributed by atoms with Gasteiger partial charge >= 0.3 is 0 Å². The number of Topliss-reactive ketones (excluding diaryl/α,β-unsaturated/α-hetero) is 1. The first kappa shape index (κ1) is 13.5. The van der Waals surface area contributed by atoms with Crippen molar-refractivity contribution < 1.29 is 18.3 Å². The maximum atomic E-state index is 11.1. The van der Waals surface area contributed by atoms with Gasteiger partial charge in [0.15, 0.2) is 5.78 Å². The molecule has 0 amide bonds. The zero-order valence-corrected chi connectivity index (χ0v) is 9.09. The number of hydrogen-bond donors (Lipinski definition) is 2. The van der Waals surface area contributed by atoms with Gasteiger partial charge in [-0.05, 0) is 12.8 Å². The third-order valence-electron chi connectivity index (χ3n) is 1.80. The van der Waals surface area contributed by atoms with Crippen molar-refractivity contribution in [1.29, 1.82) is 0 Å². The molecule has 0 saturated carbocycles. The molecule has 3 N–H and O–H groups in total. The third kappa shape index (κ3) is 6.99. The van der Waals surface area contributed by atoms with Crippen LogP contribution in [0.5, 0.6) is 0 Å². The van der Waals surface area contributed by atoms with Crippen LogP contribution in [-0.2, 0) is 14.6 Å². The summed E-state index contributed by atoms with van der Waals surface area (Å²) < 4.78 is 21.4. The molecule has 0 bridgehead atoms. The molecule has 84 valence electrons. The Morgan fingerprint density at radius 1 is 1.43 bits per heavy atom. The molecule has 0 aromatic heterocycles. The first-order valence-electron chi connectivity index (χ1n) is 4.43. The fourth-order valence-corrected chi connectivity index (χ4v) is 1.68. The number of aliphatic hydroxyl groups is 1. The van der Waals surface area contributed by atoms with Crippen LogP contribution in [0.25, 0.3) is 0 Å². The summed E-state index contributed by atoms with van der Waals surface area (Å²) in [7, 11) is -2.94. The molecule has 0 aliphatic carbocycles. The molecule has 14 heavy (non-hydrogen) atoms. The largest absolute Gasteiger partial charge is 0.394 e. The number of unbranched alkanes of at least 4 members (excludes halogenated alkanes) is 1. The summed E-state index contributed by atoms with van der Waals surface area (Å²) in [4.78, 5) is 11.1. The topological polar surface area (TPSA) is 97.5 Å². The summed E-state index contributed by atoms with van der Waals surface area (Å²) in [6.07, 6.45) is 2.36. The van der Waals surface area contributed by atoms with Crippen molar-refractivity contribution >= 4 is 15.6 Å². The van der Waals surface area contributed by atoms with Crippen LogP contribution in [-0.4, -0.2) is 44.0 Å². The van der Waals surface area contributed by atoms with Crippen LogP contribution in [0.2, 0.25) is 0 Å². The van der Waals surface area contributed by atoms with Crippen LogP contribution in [0.4, 0.5) is 0 Å². The van der Waals surface area contributed by atoms with Gasteiger partial charge < -0.3 is 10.8 Å². The van der Waals surface area contributed by atoms with Gasteiger partial charge in [-0.3, -0.25) is 4.79 Å². The number of hydrogen-bond acceptors (Lipinski definition) is 5. The molecular weight excluding hydrogens is 206 g/mol. The van der Waals surface area contributed by atoms with E-state index in [0.717, 1.165) is 6.26 Å². The Balaban J connectivity index is 3.61. The maximum absolute atomic E-state index is 11.1. The van der Waals surface area contributed by atoms with Crippen LogP contribution < -0.4 is 5.73 Å². The second kappa shape index (κ2) is 6.10. The number of sulfone groups is 1. The zero-order valence-electron chi connectivity index (χ0n) is 8.27. The van der Waals surface area contributed by atoms with Gasteiger partial charge in [0.1, 0.15) is 9.84 Å². The van der Waals surface area contributed by atoms with E-state index in [1.54, 1.807) is 0 Å². The number of carbonyl (C=O) groups is 1. The summed E-state index contributed by atoms with van der Waals surface area (Å²) in [5.41, 5.74) is 5.27. The van der Waals surface area contributed by atoms with Gasteiger partial charge in [0.25, 0.3) is 0 Å². The molecule has 0 unspecified atom stereocenters. The van der Waals surface area contributed by atoms with Crippen molar-refractivity contribution in [2.45, 2.75) is 25.3 Å². The monoisotopic (exact) mass is 223 g/mol. The first-order chi connectivity index (χ1) is 6.37. The van der Waals surface area contributed by atoms with E-state index in [2.05, 4.69) is 0 Å². The second-order valence-corrected chi connectivity index (χ2v) is 5.60. The highest BCUT2D eigenvalue weighted by atomic mass is 32.2. The molecule has 0 heterocycles. The summed E-state index contributed by atoms with van der Waals surface area (Å²) in [5, 5.41) is 8.55. The molecular formula is C8H17NO4S. The smallest absolute Gasteiger partial charge is 0.151 e. The van der Waals surface area contributed by atoms with E-state index in [1.807, 2.05) is 0 Å². The zero-order chi connectivity index (χ0) is 11.2. The van der Waals surface area contributed by atoms with Gasteiger partial charge in [0.2, 0.25) is 0 Å². The molecule has 0 radical (unpaired) electrons. The van der Waals surface area contributed by atoms with Gasteiger partial charge in [-0.25, -0.2) is 8.42 Å². The summed E-state index contributed by atoms with van der Waals surface area (Å²) in [5.74, 6) is -0.129. The molecule has 0 aliphatic rings. The van der Waals surface area contributed by atoms with Gasteiger partial charge in [0, 0.05) is 18.4 Å². The summed E-state index contributed by atoms with van der Waals surface area (Å²) in [6.45, 7) is -0.356. The van der Waals surface area contributed by atoms with Gasteiger partial charge in [-0.2, -0.15) is 0 Å². The van der Waals surface area contributed by atoms with Crippen LogP contribution in [0.15, 0.2) is 0 Å². The number of ketones is 1. The SMILES string of the molecule is CS(=O)(=O)CCCCC(=O)[C@@H](N)CO.